The third-order valence-electron chi connectivity index (χ3n) is 9.08. The number of hydrogen-bond acceptors (Lipinski definition) is 7. The van der Waals surface area contributed by atoms with Crippen LogP contribution in [0, 0.1) is 11.2 Å². The molecule has 7 rings (SSSR count). The quantitative estimate of drug-likeness (QED) is 0.274. The molecule has 1 aromatic carbocycles. The fourth-order valence-corrected chi connectivity index (χ4v) is 8.30. The van der Waals surface area contributed by atoms with Crippen LogP contribution in [0.2, 0.25) is 0 Å². The van der Waals surface area contributed by atoms with Crippen LogP contribution in [0.5, 0.6) is 0 Å². The summed E-state index contributed by atoms with van der Waals surface area (Å²) in [6, 6.07) is 9.52. The maximum Gasteiger partial charge on any atom is 0.264 e. The maximum atomic E-state index is 14.6. The molecule has 12 heteroatoms. The molecule has 3 aliphatic rings. The molecule has 222 valence electrons. The lowest BCUT2D eigenvalue weighted by Gasteiger charge is -2.46. The number of aryl methyl sites for hydroxylation is 1. The summed E-state index contributed by atoms with van der Waals surface area (Å²) in [5, 5.41) is 12.5. The fourth-order valence-electron chi connectivity index (χ4n) is 6.75. The van der Waals surface area contributed by atoms with Crippen LogP contribution in [-0.2, 0) is 23.5 Å². The zero-order chi connectivity index (χ0) is 29.9. The van der Waals surface area contributed by atoms with E-state index in [4.69, 9.17) is 0 Å². The van der Waals surface area contributed by atoms with Gasteiger partial charge in [0, 0.05) is 25.8 Å². The molecule has 43 heavy (non-hydrogen) atoms. The predicted molar refractivity (Wildman–Crippen MR) is 156 cm³/mol. The van der Waals surface area contributed by atoms with E-state index in [1.807, 2.05) is 24.4 Å². The SMILES string of the molecule is CCN([C@H]1CCC2=Cc3c(cnn3-c3ccc(F)cc3)C[C@]2(C(=O)c2ccc(C3CC3)cn2)C1)S(=O)(=O)c1cnn(C)n1. The van der Waals surface area contributed by atoms with Gasteiger partial charge in [-0.05, 0) is 92.0 Å². The number of hydrogen-bond donors (Lipinski definition) is 0. The Morgan fingerprint density at radius 3 is 2.51 bits per heavy atom. The van der Waals surface area contributed by atoms with Gasteiger partial charge in [-0.3, -0.25) is 9.78 Å². The minimum atomic E-state index is -3.94. The lowest BCUT2D eigenvalue weighted by Crippen LogP contribution is -2.50. The third kappa shape index (κ3) is 4.72. The summed E-state index contributed by atoms with van der Waals surface area (Å²) in [7, 11) is -2.37. The van der Waals surface area contributed by atoms with E-state index in [9.17, 15) is 17.6 Å². The summed E-state index contributed by atoms with van der Waals surface area (Å²) >= 11 is 0. The second-order valence-electron chi connectivity index (χ2n) is 11.7. The van der Waals surface area contributed by atoms with Crippen molar-refractivity contribution in [2.75, 3.05) is 6.54 Å². The Kier molecular flexibility index (Phi) is 6.66. The van der Waals surface area contributed by atoms with Crippen molar-refractivity contribution in [3.63, 3.8) is 0 Å². The van der Waals surface area contributed by atoms with E-state index < -0.39 is 21.5 Å². The topological polar surface area (TPSA) is 116 Å². The highest BCUT2D eigenvalue weighted by molar-refractivity contribution is 7.89. The van der Waals surface area contributed by atoms with E-state index in [0.29, 0.717) is 37.3 Å². The van der Waals surface area contributed by atoms with Crippen LogP contribution in [0.15, 0.2) is 65.6 Å². The minimum Gasteiger partial charge on any atom is -0.291 e. The third-order valence-corrected chi connectivity index (χ3v) is 11.0. The Balaban J connectivity index is 1.30. The highest BCUT2D eigenvalue weighted by Gasteiger charge is 2.51. The zero-order valence-corrected chi connectivity index (χ0v) is 24.8. The highest BCUT2D eigenvalue weighted by Crippen LogP contribution is 2.51. The molecule has 2 atom stereocenters. The lowest BCUT2D eigenvalue weighted by atomic mass is 9.60. The van der Waals surface area contributed by atoms with Gasteiger partial charge in [0.1, 0.15) is 11.5 Å². The molecule has 0 amide bonds. The number of fused-ring (bicyclic) bond motifs is 2. The maximum absolute atomic E-state index is 14.6. The van der Waals surface area contributed by atoms with Gasteiger partial charge in [-0.2, -0.15) is 19.3 Å². The highest BCUT2D eigenvalue weighted by atomic mass is 32.2. The van der Waals surface area contributed by atoms with Crippen molar-refractivity contribution >= 4 is 21.9 Å². The number of carbonyl (C=O) groups is 1. The minimum absolute atomic E-state index is 0.109. The number of halogens is 1. The van der Waals surface area contributed by atoms with Crippen molar-refractivity contribution in [3.05, 3.63) is 88.9 Å². The van der Waals surface area contributed by atoms with Crippen molar-refractivity contribution < 1.29 is 17.6 Å². The first-order chi connectivity index (χ1) is 20.7. The largest absolute Gasteiger partial charge is 0.291 e. The summed E-state index contributed by atoms with van der Waals surface area (Å²) in [6.45, 7) is 2.03. The molecule has 3 aromatic heterocycles. The molecule has 10 nitrogen and oxygen atoms in total. The van der Waals surface area contributed by atoms with Gasteiger partial charge in [-0.15, -0.1) is 5.10 Å². The van der Waals surface area contributed by atoms with Gasteiger partial charge in [-0.1, -0.05) is 18.6 Å². The van der Waals surface area contributed by atoms with Crippen LogP contribution in [0.25, 0.3) is 11.8 Å². The number of rotatable bonds is 8. The summed E-state index contributed by atoms with van der Waals surface area (Å²) in [4.78, 5) is 20.4. The number of allylic oxidation sites excluding steroid dienone is 1. The van der Waals surface area contributed by atoms with Gasteiger partial charge in [0.25, 0.3) is 10.0 Å². The monoisotopic (exact) mass is 601 g/mol. The normalized spacial score (nSPS) is 21.8. The average molecular weight is 602 g/mol. The van der Waals surface area contributed by atoms with Crippen LogP contribution < -0.4 is 0 Å². The van der Waals surface area contributed by atoms with Gasteiger partial charge in [-0.25, -0.2) is 17.5 Å². The van der Waals surface area contributed by atoms with E-state index >= 15 is 0 Å². The number of sulfonamides is 1. The van der Waals surface area contributed by atoms with Crippen molar-refractivity contribution in [2.24, 2.45) is 12.5 Å². The van der Waals surface area contributed by atoms with E-state index in [2.05, 4.69) is 20.3 Å². The van der Waals surface area contributed by atoms with Crippen molar-refractivity contribution in [2.45, 2.75) is 62.4 Å². The van der Waals surface area contributed by atoms with Crippen LogP contribution in [0.1, 0.15) is 72.3 Å². The van der Waals surface area contributed by atoms with Crippen LogP contribution in [0.4, 0.5) is 4.39 Å². The molecule has 0 unspecified atom stereocenters. The van der Waals surface area contributed by atoms with Gasteiger partial charge in [0.15, 0.2) is 5.78 Å². The molecule has 0 aliphatic heterocycles. The Morgan fingerprint density at radius 1 is 1.07 bits per heavy atom. The number of aromatic nitrogens is 6. The molecule has 3 aliphatic carbocycles. The van der Waals surface area contributed by atoms with Gasteiger partial charge >= 0.3 is 0 Å². The van der Waals surface area contributed by atoms with Gasteiger partial charge in [0.2, 0.25) is 5.03 Å². The van der Waals surface area contributed by atoms with E-state index in [0.717, 1.165) is 40.9 Å². The molecule has 2 saturated carbocycles. The zero-order valence-electron chi connectivity index (χ0n) is 24.0. The number of pyridine rings is 1. The number of benzene rings is 1. The molecular formula is C31H32FN7O3S. The molecule has 0 saturated heterocycles. The Hall–Kier alpha value is -4.03. The first kappa shape index (κ1) is 27.8. The Morgan fingerprint density at radius 2 is 1.86 bits per heavy atom. The Labute approximate surface area is 249 Å². The van der Waals surface area contributed by atoms with Crippen molar-refractivity contribution in [3.8, 4) is 5.69 Å². The number of nitrogens with zero attached hydrogens (tertiary/aromatic N) is 7. The molecule has 0 N–H and O–H groups in total. The van der Waals surface area contributed by atoms with Crippen LogP contribution in [-0.4, -0.2) is 60.9 Å². The first-order valence-corrected chi connectivity index (χ1v) is 16.1. The van der Waals surface area contributed by atoms with E-state index in [-0.39, 0.29) is 23.2 Å². The predicted octanol–water partition coefficient (Wildman–Crippen LogP) is 4.48. The summed E-state index contributed by atoms with van der Waals surface area (Å²) in [5.74, 6) is 0.0744. The smallest absolute Gasteiger partial charge is 0.264 e. The second-order valence-corrected chi connectivity index (χ2v) is 13.6. The Bertz CT molecular complexity index is 1840. The molecule has 0 spiro atoms. The molecule has 3 heterocycles. The van der Waals surface area contributed by atoms with Gasteiger partial charge in [0.05, 0.1) is 29.2 Å². The standard InChI is InChI=1S/C31H32FN7O3S/c1-3-38(43(41,42)29-19-34-37(2)36-29)26-10-7-23-14-28-22(18-35-39(28)25-11-8-24(32)9-12-25)15-31(23,16-26)30(40)27-13-6-21(17-33-27)20-4-5-20/h6,8-9,11-14,17-20,26H,3-5,7,10,15-16H2,1-2H3/t26-,31-/m0/s1. The first-order valence-electron chi connectivity index (χ1n) is 14.6. The molecule has 0 bridgehead atoms. The number of carbonyl (C=O) groups excluding carboxylic acids is 1. The van der Waals surface area contributed by atoms with Crippen LogP contribution in [0.3, 0.4) is 0 Å². The summed E-state index contributed by atoms with van der Waals surface area (Å²) < 4.78 is 44.3. The number of ketones is 1. The van der Waals surface area contributed by atoms with Crippen molar-refractivity contribution in [1.29, 1.82) is 0 Å². The van der Waals surface area contributed by atoms with E-state index in [1.54, 1.807) is 37.0 Å². The molecule has 2 fully saturated rings. The van der Waals surface area contributed by atoms with Gasteiger partial charge < -0.3 is 0 Å². The number of Topliss-reactive ketones (excluding diaryl/α,β-unsaturated/α-hetero) is 1. The second kappa shape index (κ2) is 10.3. The van der Waals surface area contributed by atoms with E-state index in [1.165, 1.54) is 27.4 Å². The van der Waals surface area contributed by atoms with Crippen LogP contribution >= 0.6 is 0 Å². The fraction of sp³-hybridized carbons (Fsp3) is 0.387. The average Bonchev–Trinajstić information content (AvgIpc) is 3.64. The molecule has 4 aromatic rings. The molecular weight excluding hydrogens is 569 g/mol. The van der Waals surface area contributed by atoms with Crippen molar-refractivity contribution in [1.82, 2.24) is 34.1 Å². The molecule has 0 radical (unpaired) electrons. The summed E-state index contributed by atoms with van der Waals surface area (Å²) in [5.41, 5.74) is 3.90. The summed E-state index contributed by atoms with van der Waals surface area (Å²) in [6.07, 6.45) is 10.9. The lowest BCUT2D eigenvalue weighted by molar-refractivity contribution is 0.0739.